The summed E-state index contributed by atoms with van der Waals surface area (Å²) in [4.78, 5) is 10.8. The Morgan fingerprint density at radius 1 is 0.386 bits per heavy atom. The molecule has 6 heteroatoms. The number of aromatic nitrogens is 4. The van der Waals surface area contributed by atoms with Crippen LogP contribution in [-0.2, 0) is 0 Å². The van der Waals surface area contributed by atoms with Crippen LogP contribution in [0, 0.1) is 0 Å². The summed E-state index contributed by atoms with van der Waals surface area (Å²) in [6.07, 6.45) is 0. The molecular weight excluding hydrogens is 873 g/mol. The van der Waals surface area contributed by atoms with Crippen molar-refractivity contribution >= 4 is 97.2 Å². The van der Waals surface area contributed by atoms with Crippen LogP contribution in [0.1, 0.15) is 0 Å². The standard InChI is InChI=1S/C64H38N4OS/c1-5-19-39(20-6-1)50-37-42(57-63-58(49-29-15-18-32-55(49)70-63)66-64(65-57)41-23-9-3-10-24-41)38-51(40-21-7-2-8-22-40)59(50)68-53-31-17-14-28-48(53)56-54(68)36-35-46-47-34-33-45-44-27-13-16-30-52(44)67(43-25-11-4-12-26-43)60(45)62(47)69-61(46)56/h1-38H. The van der Waals surface area contributed by atoms with Crippen molar-refractivity contribution in [3.05, 3.63) is 231 Å². The summed E-state index contributed by atoms with van der Waals surface area (Å²) in [5.41, 5.74) is 16.6. The third kappa shape index (κ3) is 5.71. The normalized spacial score (nSPS) is 12.0. The van der Waals surface area contributed by atoms with Gasteiger partial charge in [0.2, 0.25) is 0 Å². The predicted molar refractivity (Wildman–Crippen MR) is 293 cm³/mol. The maximum absolute atomic E-state index is 7.40. The number of thiophene rings is 1. The Morgan fingerprint density at radius 2 is 0.929 bits per heavy atom. The van der Waals surface area contributed by atoms with E-state index in [9.17, 15) is 0 Å². The summed E-state index contributed by atoms with van der Waals surface area (Å²) < 4.78 is 14.5. The largest absolute Gasteiger partial charge is 0.453 e. The van der Waals surface area contributed by atoms with Crippen LogP contribution >= 0.6 is 11.3 Å². The van der Waals surface area contributed by atoms with Gasteiger partial charge in [0.1, 0.15) is 5.58 Å². The van der Waals surface area contributed by atoms with Crippen LogP contribution in [0.15, 0.2) is 235 Å². The van der Waals surface area contributed by atoms with Crippen molar-refractivity contribution in [2.75, 3.05) is 0 Å². The molecule has 0 saturated heterocycles. The fourth-order valence-corrected chi connectivity index (χ4v) is 12.2. The molecule has 70 heavy (non-hydrogen) atoms. The maximum Gasteiger partial charge on any atom is 0.160 e. The van der Waals surface area contributed by atoms with Crippen LogP contribution in [0.3, 0.4) is 0 Å². The number of benzene rings is 10. The van der Waals surface area contributed by atoms with Crippen molar-refractivity contribution in [3.63, 3.8) is 0 Å². The Hall–Kier alpha value is -9.10. The fraction of sp³-hybridized carbons (Fsp3) is 0. The highest BCUT2D eigenvalue weighted by molar-refractivity contribution is 7.26. The van der Waals surface area contributed by atoms with E-state index in [1.54, 1.807) is 11.3 Å². The van der Waals surface area contributed by atoms with Crippen molar-refractivity contribution in [3.8, 4) is 56.3 Å². The molecule has 10 aromatic carbocycles. The number of furan rings is 1. The Morgan fingerprint density at radius 3 is 1.63 bits per heavy atom. The summed E-state index contributed by atoms with van der Waals surface area (Å²) in [6.45, 7) is 0. The quantitative estimate of drug-likeness (QED) is 0.167. The highest BCUT2D eigenvalue weighted by atomic mass is 32.1. The van der Waals surface area contributed by atoms with Crippen LogP contribution < -0.4 is 0 Å². The molecule has 15 aromatic rings. The SMILES string of the molecule is c1ccc(-c2nc(-c3cc(-c4ccccc4)c(-n4c5ccccc5c5c6oc7c(ccc8c9ccccc9n(-c9ccccc9)c87)c6ccc54)c(-c4ccccc4)c3)c3sc4ccccc4c3n2)cc1. The number of para-hydroxylation sites is 3. The monoisotopic (exact) mass is 910 g/mol. The average Bonchev–Trinajstić information content (AvgIpc) is 4.19. The first kappa shape index (κ1) is 38.9. The van der Waals surface area contributed by atoms with E-state index < -0.39 is 0 Å². The zero-order chi connectivity index (χ0) is 45.9. The summed E-state index contributed by atoms with van der Waals surface area (Å²) in [5, 5.41) is 7.88. The zero-order valence-corrected chi connectivity index (χ0v) is 38.4. The molecule has 0 radical (unpaired) electrons. The Balaban J connectivity index is 1.07. The number of nitrogens with zero attached hydrogens (tertiary/aromatic N) is 4. The lowest BCUT2D eigenvalue weighted by molar-refractivity contribution is 0.675. The average molecular weight is 911 g/mol. The zero-order valence-electron chi connectivity index (χ0n) is 37.5. The molecule has 0 unspecified atom stereocenters. The number of rotatable bonds is 6. The van der Waals surface area contributed by atoms with Gasteiger partial charge in [-0.1, -0.05) is 170 Å². The number of hydrogen-bond donors (Lipinski definition) is 0. The minimum atomic E-state index is 0.705. The maximum atomic E-state index is 7.40. The van der Waals surface area contributed by atoms with Crippen molar-refractivity contribution in [2.45, 2.75) is 0 Å². The number of hydrogen-bond acceptors (Lipinski definition) is 4. The van der Waals surface area contributed by atoms with Gasteiger partial charge >= 0.3 is 0 Å². The summed E-state index contributed by atoms with van der Waals surface area (Å²) in [6, 6.07) is 82.5. The minimum absolute atomic E-state index is 0.705. The number of fused-ring (bicyclic) bond motifs is 14. The van der Waals surface area contributed by atoms with E-state index in [0.29, 0.717) is 5.82 Å². The molecule has 0 saturated carbocycles. The van der Waals surface area contributed by atoms with E-state index in [0.717, 1.165) is 126 Å². The second-order valence-electron chi connectivity index (χ2n) is 18.0. The summed E-state index contributed by atoms with van der Waals surface area (Å²) in [5.74, 6) is 0.705. The molecule has 0 N–H and O–H groups in total. The summed E-state index contributed by atoms with van der Waals surface area (Å²) in [7, 11) is 0. The lowest BCUT2D eigenvalue weighted by Gasteiger charge is -2.21. The molecule has 0 atom stereocenters. The van der Waals surface area contributed by atoms with Crippen LogP contribution in [0.5, 0.6) is 0 Å². The topological polar surface area (TPSA) is 48.8 Å². The first-order valence-corrected chi connectivity index (χ1v) is 24.5. The van der Waals surface area contributed by atoms with Gasteiger partial charge in [0.25, 0.3) is 0 Å². The molecule has 0 aliphatic carbocycles. The molecule has 0 amide bonds. The highest BCUT2D eigenvalue weighted by Gasteiger charge is 2.27. The lowest BCUT2D eigenvalue weighted by atomic mass is 9.91. The van der Waals surface area contributed by atoms with Crippen molar-refractivity contribution < 1.29 is 4.42 Å². The van der Waals surface area contributed by atoms with E-state index in [-0.39, 0.29) is 0 Å². The predicted octanol–water partition coefficient (Wildman–Crippen LogP) is 17.6. The third-order valence-electron chi connectivity index (χ3n) is 14.1. The van der Waals surface area contributed by atoms with Gasteiger partial charge in [-0.15, -0.1) is 11.3 Å². The van der Waals surface area contributed by atoms with Crippen molar-refractivity contribution in [1.29, 1.82) is 0 Å². The van der Waals surface area contributed by atoms with E-state index in [2.05, 4.69) is 234 Å². The second-order valence-corrected chi connectivity index (χ2v) is 19.1. The van der Waals surface area contributed by atoms with Crippen LogP contribution in [0.25, 0.3) is 142 Å². The smallest absolute Gasteiger partial charge is 0.160 e. The van der Waals surface area contributed by atoms with Crippen LogP contribution in [0.4, 0.5) is 0 Å². The fourth-order valence-electron chi connectivity index (χ4n) is 11.1. The molecule has 0 aliphatic heterocycles. The minimum Gasteiger partial charge on any atom is -0.453 e. The first-order valence-electron chi connectivity index (χ1n) is 23.7. The van der Waals surface area contributed by atoms with Gasteiger partial charge in [-0.2, -0.15) is 0 Å². The van der Waals surface area contributed by atoms with E-state index in [4.69, 9.17) is 14.4 Å². The van der Waals surface area contributed by atoms with Gasteiger partial charge in [0, 0.05) is 65.0 Å². The molecule has 0 bridgehead atoms. The molecule has 326 valence electrons. The second kappa shape index (κ2) is 15.2. The molecule has 5 heterocycles. The van der Waals surface area contributed by atoms with Gasteiger partial charge in [0.15, 0.2) is 11.4 Å². The Bertz CT molecular complexity index is 4510. The molecule has 5 nitrogen and oxygen atoms in total. The van der Waals surface area contributed by atoms with Gasteiger partial charge in [0.05, 0.1) is 49.1 Å². The van der Waals surface area contributed by atoms with Gasteiger partial charge < -0.3 is 13.6 Å². The van der Waals surface area contributed by atoms with E-state index in [1.165, 1.54) is 10.1 Å². The van der Waals surface area contributed by atoms with Crippen molar-refractivity contribution in [1.82, 2.24) is 19.1 Å². The molecule has 5 aromatic heterocycles. The van der Waals surface area contributed by atoms with Crippen LogP contribution in [0.2, 0.25) is 0 Å². The lowest BCUT2D eigenvalue weighted by Crippen LogP contribution is -2.02. The van der Waals surface area contributed by atoms with Gasteiger partial charge in [-0.3, -0.25) is 0 Å². The molecule has 15 rings (SSSR count). The van der Waals surface area contributed by atoms with Crippen LogP contribution in [-0.4, -0.2) is 19.1 Å². The van der Waals surface area contributed by atoms with Gasteiger partial charge in [-0.25, -0.2) is 9.97 Å². The first-order chi connectivity index (χ1) is 34.7. The molecule has 0 fully saturated rings. The van der Waals surface area contributed by atoms with E-state index in [1.807, 2.05) is 6.07 Å². The molecule has 0 aliphatic rings. The molecular formula is C64H38N4OS. The third-order valence-corrected chi connectivity index (χ3v) is 15.3. The van der Waals surface area contributed by atoms with Crippen molar-refractivity contribution in [2.24, 2.45) is 0 Å². The molecule has 0 spiro atoms. The van der Waals surface area contributed by atoms with Gasteiger partial charge in [-0.05, 0) is 71.8 Å². The summed E-state index contributed by atoms with van der Waals surface area (Å²) >= 11 is 1.76. The van der Waals surface area contributed by atoms with E-state index >= 15 is 0 Å². The Kier molecular flexibility index (Phi) is 8.46. The Labute approximate surface area is 405 Å². The highest BCUT2D eigenvalue weighted by Crippen LogP contribution is 2.49.